The SMILES string of the molecule is CC(C)[C@@H]1[C@@H](O)[C@@H]2O[C@]23[C@]2(O[C@H]2CC2C4=C(CC[C@@]23C)C(=O)OC4)[C@@H]1OC(=O)CCC(=O)NCC1OC[C@H](O)[C@@H](O)C1O. The molecule has 13 atom stereocenters. The predicted octanol–water partition coefficient (Wildman–Crippen LogP) is -1.13. The van der Waals surface area contributed by atoms with E-state index in [0.717, 1.165) is 11.1 Å². The van der Waals surface area contributed by atoms with Crippen molar-refractivity contribution >= 4 is 17.8 Å². The van der Waals surface area contributed by atoms with Crippen molar-refractivity contribution in [1.82, 2.24) is 5.32 Å². The fourth-order valence-electron chi connectivity index (χ4n) is 9.28. The summed E-state index contributed by atoms with van der Waals surface area (Å²) in [4.78, 5) is 38.2. The number of ether oxygens (including phenoxy) is 5. The van der Waals surface area contributed by atoms with Crippen LogP contribution in [-0.4, -0.2) is 118 Å². The second-order valence-electron chi connectivity index (χ2n) is 13.9. The summed E-state index contributed by atoms with van der Waals surface area (Å²) in [5, 5.41) is 43.7. The minimum Gasteiger partial charge on any atom is -0.459 e. The number of hydrogen-bond donors (Lipinski definition) is 5. The van der Waals surface area contributed by atoms with Gasteiger partial charge in [-0.1, -0.05) is 20.8 Å². The van der Waals surface area contributed by atoms with Gasteiger partial charge >= 0.3 is 11.9 Å². The summed E-state index contributed by atoms with van der Waals surface area (Å²) in [6.07, 6.45) is -5.80. The Morgan fingerprint density at radius 1 is 1.09 bits per heavy atom. The molecule has 7 aliphatic rings. The van der Waals surface area contributed by atoms with E-state index in [1.54, 1.807) is 0 Å². The Kier molecular flexibility index (Phi) is 6.83. The lowest BCUT2D eigenvalue weighted by Gasteiger charge is -2.55. The number of epoxide rings is 2. The molecule has 2 saturated carbocycles. The summed E-state index contributed by atoms with van der Waals surface area (Å²) >= 11 is 0. The van der Waals surface area contributed by atoms with Crippen LogP contribution in [0, 0.1) is 23.2 Å². The van der Waals surface area contributed by atoms with Crippen molar-refractivity contribution in [3.05, 3.63) is 11.1 Å². The van der Waals surface area contributed by atoms with Crippen molar-refractivity contribution in [3.8, 4) is 0 Å². The molecule has 0 radical (unpaired) electrons. The standard InChI is InChI=1S/C30H41NO12/c1-12(2)21-24(37)26-30(43-26)28(3)7-6-13-14(10-40-27(13)38)15(28)8-18-29(30,42-18)25(21)41-20(34)5-4-19(33)31-9-17-23(36)22(35)16(32)11-39-17/h12,15-18,21-26,32,35-37H,4-11H2,1-3H3,(H,31,33)/t15?,16-,17?,18-,21+,22+,23?,24+,25+,26-,28-,29+,30+/m0/s1. The minimum absolute atomic E-state index is 0.00721. The van der Waals surface area contributed by atoms with Gasteiger partial charge in [0.25, 0.3) is 0 Å². The number of aliphatic hydroxyl groups is 4. The lowest BCUT2D eigenvalue weighted by atomic mass is 9.46. The summed E-state index contributed by atoms with van der Waals surface area (Å²) in [7, 11) is 0. The second-order valence-corrected chi connectivity index (χ2v) is 13.9. The molecule has 4 heterocycles. The predicted molar refractivity (Wildman–Crippen MR) is 143 cm³/mol. The van der Waals surface area contributed by atoms with Crippen molar-refractivity contribution in [2.75, 3.05) is 19.8 Å². The number of amides is 1. The lowest BCUT2D eigenvalue weighted by molar-refractivity contribution is -0.185. The molecule has 5 fully saturated rings. The highest BCUT2D eigenvalue weighted by Crippen LogP contribution is 2.79. The van der Waals surface area contributed by atoms with Crippen molar-refractivity contribution in [2.45, 2.75) is 113 Å². The maximum atomic E-state index is 13.3. The zero-order valence-corrected chi connectivity index (χ0v) is 24.6. The zero-order chi connectivity index (χ0) is 30.6. The van der Waals surface area contributed by atoms with Crippen LogP contribution in [-0.2, 0) is 38.1 Å². The highest BCUT2D eigenvalue weighted by Gasteiger charge is 2.95. The summed E-state index contributed by atoms with van der Waals surface area (Å²) < 4.78 is 29.9. The van der Waals surface area contributed by atoms with Gasteiger partial charge in [0.2, 0.25) is 5.91 Å². The molecule has 238 valence electrons. The molecular weight excluding hydrogens is 566 g/mol. The van der Waals surface area contributed by atoms with Gasteiger partial charge in [0, 0.05) is 29.9 Å². The van der Waals surface area contributed by atoms with Gasteiger partial charge in [-0.2, -0.15) is 0 Å². The molecule has 4 aliphatic heterocycles. The highest BCUT2D eigenvalue weighted by atomic mass is 16.7. The van der Waals surface area contributed by atoms with Crippen molar-refractivity contribution in [1.29, 1.82) is 0 Å². The number of aliphatic hydroxyl groups excluding tert-OH is 4. The molecule has 13 nitrogen and oxygen atoms in total. The maximum Gasteiger partial charge on any atom is 0.334 e. The molecule has 3 unspecified atom stereocenters. The van der Waals surface area contributed by atoms with E-state index in [1.165, 1.54) is 0 Å². The number of carbonyl (C=O) groups excluding carboxylic acids is 3. The Hall–Kier alpha value is -2.13. The van der Waals surface area contributed by atoms with Gasteiger partial charge in [-0.25, -0.2) is 4.79 Å². The maximum absolute atomic E-state index is 13.3. The topological polar surface area (TPSA) is 197 Å². The highest BCUT2D eigenvalue weighted by molar-refractivity contribution is 5.92. The third-order valence-corrected chi connectivity index (χ3v) is 11.5. The van der Waals surface area contributed by atoms with E-state index in [0.29, 0.717) is 19.3 Å². The first-order valence-corrected chi connectivity index (χ1v) is 15.4. The van der Waals surface area contributed by atoms with Crippen LogP contribution in [0.15, 0.2) is 11.1 Å². The molecule has 3 aliphatic carbocycles. The molecule has 2 spiro atoms. The van der Waals surface area contributed by atoms with Crippen LogP contribution in [0.25, 0.3) is 0 Å². The fourth-order valence-corrected chi connectivity index (χ4v) is 9.28. The van der Waals surface area contributed by atoms with Crippen LogP contribution < -0.4 is 5.32 Å². The van der Waals surface area contributed by atoms with Crippen LogP contribution in [0.2, 0.25) is 0 Å². The molecule has 1 amide bonds. The Labute approximate surface area is 248 Å². The van der Waals surface area contributed by atoms with Gasteiger partial charge in [0.15, 0.2) is 5.60 Å². The first-order chi connectivity index (χ1) is 20.4. The van der Waals surface area contributed by atoms with Crippen LogP contribution in [0.1, 0.15) is 52.9 Å². The van der Waals surface area contributed by atoms with Gasteiger partial charge in [-0.3, -0.25) is 9.59 Å². The quantitative estimate of drug-likeness (QED) is 0.173. The number of nitrogens with one attached hydrogen (secondary N) is 1. The molecule has 43 heavy (non-hydrogen) atoms. The van der Waals surface area contributed by atoms with E-state index in [-0.39, 0.29) is 56.5 Å². The van der Waals surface area contributed by atoms with E-state index >= 15 is 0 Å². The van der Waals surface area contributed by atoms with E-state index in [1.807, 2.05) is 13.8 Å². The number of hydrogen-bond acceptors (Lipinski definition) is 12. The van der Waals surface area contributed by atoms with Gasteiger partial charge < -0.3 is 49.4 Å². The molecule has 0 bridgehead atoms. The average Bonchev–Trinajstić information content (AvgIpc) is 3.86. The van der Waals surface area contributed by atoms with E-state index < -0.39 is 77.1 Å². The van der Waals surface area contributed by atoms with Crippen molar-refractivity contribution in [2.24, 2.45) is 23.2 Å². The van der Waals surface area contributed by atoms with Crippen LogP contribution in [0.4, 0.5) is 0 Å². The molecule has 5 N–H and O–H groups in total. The average molecular weight is 608 g/mol. The van der Waals surface area contributed by atoms with Crippen molar-refractivity contribution in [3.63, 3.8) is 0 Å². The van der Waals surface area contributed by atoms with E-state index in [4.69, 9.17) is 23.7 Å². The Bertz CT molecular complexity index is 1250. The summed E-state index contributed by atoms with van der Waals surface area (Å²) in [6.45, 7) is 6.07. The first-order valence-electron chi connectivity index (χ1n) is 15.4. The molecule has 13 heteroatoms. The Morgan fingerprint density at radius 3 is 2.60 bits per heavy atom. The number of esters is 2. The molecule has 3 saturated heterocycles. The van der Waals surface area contributed by atoms with Gasteiger partial charge in [-0.05, 0) is 36.7 Å². The van der Waals surface area contributed by atoms with E-state index in [2.05, 4.69) is 12.2 Å². The molecule has 0 aromatic rings. The Balaban J connectivity index is 1.05. The number of carbonyl (C=O) groups is 3. The molecule has 7 rings (SSSR count). The minimum atomic E-state index is -1.38. The van der Waals surface area contributed by atoms with Crippen LogP contribution >= 0.6 is 0 Å². The third-order valence-electron chi connectivity index (χ3n) is 11.5. The van der Waals surface area contributed by atoms with Gasteiger partial charge in [0.1, 0.15) is 48.8 Å². The third kappa shape index (κ3) is 3.98. The zero-order valence-electron chi connectivity index (χ0n) is 24.6. The van der Waals surface area contributed by atoms with Crippen LogP contribution in [0.5, 0.6) is 0 Å². The lowest BCUT2D eigenvalue weighted by Crippen LogP contribution is -2.70. The summed E-state index contributed by atoms with van der Waals surface area (Å²) in [5.74, 6) is -1.82. The van der Waals surface area contributed by atoms with Gasteiger partial charge in [0.05, 0.1) is 25.2 Å². The molecular formula is C30H41NO12. The first kappa shape index (κ1) is 29.6. The largest absolute Gasteiger partial charge is 0.459 e. The number of rotatable bonds is 7. The smallest absolute Gasteiger partial charge is 0.334 e. The van der Waals surface area contributed by atoms with E-state index in [9.17, 15) is 34.8 Å². The molecule has 0 aromatic heterocycles. The number of fused-ring (bicyclic) bond motifs is 2. The summed E-state index contributed by atoms with van der Waals surface area (Å²) in [6, 6.07) is 0. The number of cyclic esters (lactones) is 1. The summed E-state index contributed by atoms with van der Waals surface area (Å²) in [5.41, 5.74) is -0.496. The van der Waals surface area contributed by atoms with Gasteiger partial charge in [-0.15, -0.1) is 0 Å². The monoisotopic (exact) mass is 607 g/mol. The second kappa shape index (κ2) is 9.93. The molecule has 0 aromatic carbocycles. The van der Waals surface area contributed by atoms with Crippen molar-refractivity contribution < 1.29 is 58.5 Å². The Morgan fingerprint density at radius 2 is 1.86 bits per heavy atom. The fraction of sp³-hybridized carbons (Fsp3) is 0.833. The normalized spacial score (nSPS) is 49.2. The van der Waals surface area contributed by atoms with Crippen LogP contribution in [0.3, 0.4) is 0 Å².